The fourth-order valence-electron chi connectivity index (χ4n) is 0.428. The molecule has 1 nitrogen and oxygen atoms in total. The Balaban J connectivity index is 3.09. The van der Waals surface area contributed by atoms with E-state index in [4.69, 9.17) is 5.73 Å². The van der Waals surface area contributed by atoms with Gasteiger partial charge in [0.1, 0.15) is 0 Å². The summed E-state index contributed by atoms with van der Waals surface area (Å²) < 4.78 is 0. The van der Waals surface area contributed by atoms with Gasteiger partial charge in [-0.25, -0.2) is 0 Å². The standard InChI is InChI=1S/C5H5NS2/c6-5-4(3-7)1-2-8-5/h1-3H,6H2. The quantitative estimate of drug-likeness (QED) is 0.605. The Bertz CT molecular complexity index is 192. The minimum absolute atomic E-state index is 0.806. The van der Waals surface area contributed by atoms with Crippen molar-refractivity contribution in [2.45, 2.75) is 0 Å². The number of nitrogen functional groups attached to an aromatic ring is 1. The van der Waals surface area contributed by atoms with E-state index in [0.717, 1.165) is 10.6 Å². The summed E-state index contributed by atoms with van der Waals surface area (Å²) in [5.74, 6) is 0. The summed E-state index contributed by atoms with van der Waals surface area (Å²) in [4.78, 5) is 0. The lowest BCUT2D eigenvalue weighted by molar-refractivity contribution is 1.89. The third-order valence-electron chi connectivity index (χ3n) is 0.854. The summed E-state index contributed by atoms with van der Waals surface area (Å²) in [6.45, 7) is 0. The Kier molecular flexibility index (Phi) is 1.60. The van der Waals surface area contributed by atoms with Crippen LogP contribution in [0.1, 0.15) is 5.56 Å². The maximum atomic E-state index is 5.47. The smallest absolute Gasteiger partial charge is 0.0938 e. The van der Waals surface area contributed by atoms with E-state index in [1.54, 1.807) is 5.37 Å². The average Bonchev–Trinajstić information content (AvgIpc) is 2.14. The zero-order valence-electron chi connectivity index (χ0n) is 4.13. The van der Waals surface area contributed by atoms with Crippen LogP contribution in [0.15, 0.2) is 11.4 Å². The van der Waals surface area contributed by atoms with Crippen LogP contribution >= 0.6 is 23.6 Å². The van der Waals surface area contributed by atoms with Crippen molar-refractivity contribution in [2.24, 2.45) is 0 Å². The first kappa shape index (κ1) is 5.72. The molecule has 0 unspecified atom stereocenters. The lowest BCUT2D eigenvalue weighted by Gasteiger charge is -1.82. The first-order chi connectivity index (χ1) is 3.84. The Morgan fingerprint density at radius 2 is 2.50 bits per heavy atom. The van der Waals surface area contributed by atoms with E-state index in [1.807, 2.05) is 11.4 Å². The monoisotopic (exact) mass is 143 g/mol. The predicted octanol–water partition coefficient (Wildman–Crippen LogP) is 1.68. The molecule has 0 radical (unpaired) electrons. The van der Waals surface area contributed by atoms with Crippen molar-refractivity contribution < 1.29 is 0 Å². The van der Waals surface area contributed by atoms with Gasteiger partial charge in [-0.1, -0.05) is 12.2 Å². The van der Waals surface area contributed by atoms with Crippen LogP contribution in [0.5, 0.6) is 0 Å². The Labute approximate surface area is 57.1 Å². The molecule has 1 aromatic heterocycles. The van der Waals surface area contributed by atoms with Gasteiger partial charge in [0.05, 0.1) is 5.00 Å². The number of rotatable bonds is 1. The van der Waals surface area contributed by atoms with E-state index in [9.17, 15) is 0 Å². The summed E-state index contributed by atoms with van der Waals surface area (Å²) in [6, 6.07) is 1.91. The number of hydrogen-bond donors (Lipinski definition) is 1. The molecule has 0 saturated heterocycles. The van der Waals surface area contributed by atoms with Crippen molar-refractivity contribution in [3.63, 3.8) is 0 Å². The second kappa shape index (κ2) is 2.24. The highest BCUT2D eigenvalue weighted by molar-refractivity contribution is 7.79. The molecule has 42 valence electrons. The van der Waals surface area contributed by atoms with Crippen molar-refractivity contribution in [3.8, 4) is 0 Å². The van der Waals surface area contributed by atoms with Crippen molar-refractivity contribution in [1.82, 2.24) is 0 Å². The van der Waals surface area contributed by atoms with Gasteiger partial charge in [0.25, 0.3) is 0 Å². The molecule has 1 aromatic rings. The average molecular weight is 143 g/mol. The first-order valence-corrected chi connectivity index (χ1v) is 3.48. The molecule has 0 fully saturated rings. The topological polar surface area (TPSA) is 26.0 Å². The van der Waals surface area contributed by atoms with Gasteiger partial charge in [0.15, 0.2) is 0 Å². The number of hydrogen-bond acceptors (Lipinski definition) is 3. The summed E-state index contributed by atoms with van der Waals surface area (Å²) in [5.41, 5.74) is 6.43. The molecule has 0 aliphatic rings. The van der Waals surface area contributed by atoms with E-state index in [0.29, 0.717) is 0 Å². The zero-order chi connectivity index (χ0) is 5.98. The van der Waals surface area contributed by atoms with Crippen LogP contribution in [-0.2, 0) is 0 Å². The predicted molar refractivity (Wildman–Crippen MR) is 41.5 cm³/mol. The molecule has 0 bridgehead atoms. The fraction of sp³-hybridized carbons (Fsp3) is 0. The van der Waals surface area contributed by atoms with Crippen molar-refractivity contribution in [1.29, 1.82) is 0 Å². The highest BCUT2D eigenvalue weighted by Crippen LogP contribution is 2.16. The molecule has 0 aliphatic carbocycles. The summed E-state index contributed by atoms with van der Waals surface area (Å²) in [5, 5.41) is 4.32. The summed E-state index contributed by atoms with van der Waals surface area (Å²) in [6.07, 6.45) is 0. The maximum absolute atomic E-state index is 5.47. The van der Waals surface area contributed by atoms with Crippen molar-refractivity contribution in [2.75, 3.05) is 5.73 Å². The van der Waals surface area contributed by atoms with E-state index < -0.39 is 0 Å². The second-order valence-corrected chi connectivity index (χ2v) is 2.54. The van der Waals surface area contributed by atoms with E-state index in [1.165, 1.54) is 11.3 Å². The summed E-state index contributed by atoms with van der Waals surface area (Å²) >= 11 is 6.17. The zero-order valence-corrected chi connectivity index (χ0v) is 5.76. The minimum atomic E-state index is 0.806. The van der Waals surface area contributed by atoms with Gasteiger partial charge in [-0.05, 0) is 11.4 Å². The Hall–Kier alpha value is -0.410. The lowest BCUT2D eigenvalue weighted by atomic mass is 10.4. The Morgan fingerprint density at radius 3 is 2.75 bits per heavy atom. The Morgan fingerprint density at radius 1 is 1.75 bits per heavy atom. The molecule has 0 aromatic carbocycles. The van der Waals surface area contributed by atoms with Gasteiger partial charge >= 0.3 is 0 Å². The number of anilines is 1. The highest BCUT2D eigenvalue weighted by Gasteiger charge is 1.91. The number of thiophene rings is 1. The number of thiocarbonyl (C=S) groups is 1. The van der Waals surface area contributed by atoms with Crippen LogP contribution in [-0.4, -0.2) is 5.37 Å². The molecule has 0 amide bonds. The molecular weight excluding hydrogens is 138 g/mol. The summed E-state index contributed by atoms with van der Waals surface area (Å²) in [7, 11) is 0. The molecule has 1 heterocycles. The normalized spacial score (nSPS) is 9.00. The van der Waals surface area contributed by atoms with Crippen LogP contribution in [0.2, 0.25) is 0 Å². The van der Waals surface area contributed by atoms with Gasteiger partial charge in [-0.15, -0.1) is 11.3 Å². The van der Waals surface area contributed by atoms with Crippen molar-refractivity contribution >= 4 is 33.9 Å². The van der Waals surface area contributed by atoms with Crippen LogP contribution < -0.4 is 5.73 Å². The van der Waals surface area contributed by atoms with Crippen LogP contribution in [0.3, 0.4) is 0 Å². The van der Waals surface area contributed by atoms with Gasteiger partial charge in [0.2, 0.25) is 0 Å². The molecular formula is C5H5NS2. The van der Waals surface area contributed by atoms with Crippen LogP contribution in [0.25, 0.3) is 0 Å². The molecule has 0 spiro atoms. The third kappa shape index (κ3) is 0.877. The van der Waals surface area contributed by atoms with Gasteiger partial charge in [0, 0.05) is 10.9 Å². The van der Waals surface area contributed by atoms with E-state index in [2.05, 4.69) is 12.2 Å². The molecule has 0 saturated carbocycles. The molecule has 2 N–H and O–H groups in total. The fourth-order valence-corrected chi connectivity index (χ4v) is 1.33. The largest absolute Gasteiger partial charge is 0.390 e. The van der Waals surface area contributed by atoms with Crippen LogP contribution in [0.4, 0.5) is 5.00 Å². The molecule has 1 rings (SSSR count). The number of nitrogens with two attached hydrogens (primary N) is 1. The third-order valence-corrected chi connectivity index (χ3v) is 1.87. The molecule has 0 atom stereocenters. The van der Waals surface area contributed by atoms with Gasteiger partial charge < -0.3 is 5.73 Å². The minimum Gasteiger partial charge on any atom is -0.390 e. The maximum Gasteiger partial charge on any atom is 0.0938 e. The van der Waals surface area contributed by atoms with E-state index in [-0.39, 0.29) is 0 Å². The lowest BCUT2D eigenvalue weighted by Crippen LogP contribution is -1.82. The first-order valence-electron chi connectivity index (χ1n) is 2.12. The van der Waals surface area contributed by atoms with Gasteiger partial charge in [-0.3, -0.25) is 0 Å². The molecule has 8 heavy (non-hydrogen) atoms. The molecule has 0 aliphatic heterocycles. The van der Waals surface area contributed by atoms with Gasteiger partial charge in [-0.2, -0.15) is 0 Å². The SMILES string of the molecule is Nc1sccc1C=S. The second-order valence-electron chi connectivity index (χ2n) is 1.36. The van der Waals surface area contributed by atoms with E-state index >= 15 is 0 Å². The van der Waals surface area contributed by atoms with Crippen molar-refractivity contribution in [3.05, 3.63) is 17.0 Å². The molecule has 3 heteroatoms. The van der Waals surface area contributed by atoms with Crippen LogP contribution in [0, 0.1) is 0 Å². The highest BCUT2D eigenvalue weighted by atomic mass is 32.1.